The molecule has 1 saturated heterocycles. The van der Waals surface area contributed by atoms with E-state index in [1.165, 1.54) is 19.3 Å². The second-order valence-electron chi connectivity index (χ2n) is 3.42. The van der Waals surface area contributed by atoms with Crippen LogP contribution in [0.2, 0.25) is 0 Å². The number of nitrogens with zero attached hydrogens (tertiary/aromatic N) is 1. The molecule has 3 nitrogen and oxygen atoms in total. The Bertz CT molecular complexity index is 163. The average Bonchev–Trinajstić information content (AvgIpc) is 2.32. The first kappa shape index (κ1) is 14.2. The third-order valence-electron chi connectivity index (χ3n) is 2.05. The Kier molecular flexibility index (Phi) is 10.6. The number of hydrogen-bond acceptors (Lipinski definition) is 2. The molecule has 0 saturated carbocycles. The quantitative estimate of drug-likeness (QED) is 0.529. The van der Waals surface area contributed by atoms with Crippen molar-refractivity contribution in [2.24, 2.45) is 0 Å². The van der Waals surface area contributed by atoms with Crippen molar-refractivity contribution in [3.63, 3.8) is 0 Å². The van der Waals surface area contributed by atoms with Gasteiger partial charge < -0.3 is 9.64 Å². The Morgan fingerprint density at radius 1 is 1.20 bits per heavy atom. The van der Waals surface area contributed by atoms with Crippen molar-refractivity contribution in [3.8, 4) is 0 Å². The minimum Gasteiger partial charge on any atom is -0.378 e. The van der Waals surface area contributed by atoms with Crippen molar-refractivity contribution in [2.45, 2.75) is 33.1 Å². The molecule has 1 aliphatic heterocycles. The van der Waals surface area contributed by atoms with E-state index in [0.29, 0.717) is 13.2 Å². The molecule has 0 aromatic heterocycles. The first-order valence-corrected chi connectivity index (χ1v) is 5.77. The maximum absolute atomic E-state index is 10.0. The van der Waals surface area contributed by atoms with Gasteiger partial charge in [-0.25, -0.2) is 0 Å². The van der Waals surface area contributed by atoms with Crippen LogP contribution in [0.15, 0.2) is 12.2 Å². The molecule has 1 rings (SSSR count). The highest BCUT2D eigenvalue weighted by atomic mass is 16.5. The number of amides is 1. The van der Waals surface area contributed by atoms with Gasteiger partial charge in [0.05, 0.1) is 13.2 Å². The number of rotatable bonds is 4. The molecule has 15 heavy (non-hydrogen) atoms. The fourth-order valence-corrected chi connectivity index (χ4v) is 1.13. The van der Waals surface area contributed by atoms with Crippen molar-refractivity contribution in [1.29, 1.82) is 0 Å². The third-order valence-corrected chi connectivity index (χ3v) is 2.05. The Hall–Kier alpha value is -0.830. The number of carbonyl (C=O) groups excluding carboxylic acids is 1. The summed E-state index contributed by atoms with van der Waals surface area (Å²) in [5.41, 5.74) is 0. The van der Waals surface area contributed by atoms with E-state index < -0.39 is 0 Å². The van der Waals surface area contributed by atoms with Gasteiger partial charge in [0.2, 0.25) is 6.41 Å². The van der Waals surface area contributed by atoms with Gasteiger partial charge in [-0.05, 0) is 12.8 Å². The lowest BCUT2D eigenvalue weighted by molar-refractivity contribution is -0.121. The van der Waals surface area contributed by atoms with Crippen LogP contribution in [0.3, 0.4) is 0 Å². The first-order valence-electron chi connectivity index (χ1n) is 5.77. The zero-order valence-electron chi connectivity index (χ0n) is 9.95. The first-order chi connectivity index (χ1) is 7.35. The Balaban J connectivity index is 0.000000265. The van der Waals surface area contributed by atoms with Crippen LogP contribution < -0.4 is 0 Å². The van der Waals surface area contributed by atoms with Crippen molar-refractivity contribution in [2.75, 3.05) is 26.3 Å². The van der Waals surface area contributed by atoms with E-state index in [-0.39, 0.29) is 0 Å². The normalized spacial score (nSPS) is 16.0. The number of ether oxygens (including phenoxy) is 1. The number of carbonyl (C=O) groups is 1. The van der Waals surface area contributed by atoms with Gasteiger partial charge in [0, 0.05) is 13.1 Å². The maximum atomic E-state index is 10.0. The molecule has 0 aliphatic carbocycles. The van der Waals surface area contributed by atoms with Crippen LogP contribution in [-0.2, 0) is 9.53 Å². The molecule has 3 heteroatoms. The van der Waals surface area contributed by atoms with Gasteiger partial charge in [-0.1, -0.05) is 32.4 Å². The molecule has 1 amide bonds. The summed E-state index contributed by atoms with van der Waals surface area (Å²) in [7, 11) is 0. The molecule has 0 bridgehead atoms. The van der Waals surface area contributed by atoms with Gasteiger partial charge in [0.15, 0.2) is 0 Å². The molecule has 0 radical (unpaired) electrons. The topological polar surface area (TPSA) is 29.5 Å². The summed E-state index contributed by atoms with van der Waals surface area (Å²) in [6.45, 7) is 7.25. The lowest BCUT2D eigenvalue weighted by atomic mass is 10.3. The predicted octanol–water partition coefficient (Wildman–Crippen LogP) is 2.23. The standard InChI is InChI=1S/C7H14.C5H9NO2/c1-3-5-7-6-4-2;7-5-6-1-3-8-4-2-6/h5,7H,3-4,6H2,1-2H3;5H,1-4H2. The minimum atomic E-state index is 0.693. The van der Waals surface area contributed by atoms with Gasteiger partial charge in [-0.3, -0.25) is 4.79 Å². The molecular weight excluding hydrogens is 190 g/mol. The Morgan fingerprint density at radius 3 is 2.27 bits per heavy atom. The highest BCUT2D eigenvalue weighted by Crippen LogP contribution is 1.90. The highest BCUT2D eigenvalue weighted by molar-refractivity contribution is 5.46. The van der Waals surface area contributed by atoms with E-state index in [4.69, 9.17) is 4.74 Å². The van der Waals surface area contributed by atoms with Crippen LogP contribution in [0.5, 0.6) is 0 Å². The number of allylic oxidation sites excluding steroid dienone is 2. The minimum absolute atomic E-state index is 0.693. The monoisotopic (exact) mass is 213 g/mol. The smallest absolute Gasteiger partial charge is 0.209 e. The summed E-state index contributed by atoms with van der Waals surface area (Å²) in [5.74, 6) is 0. The van der Waals surface area contributed by atoms with Crippen molar-refractivity contribution in [3.05, 3.63) is 12.2 Å². The Morgan fingerprint density at radius 2 is 1.87 bits per heavy atom. The number of morpholine rings is 1. The van der Waals surface area contributed by atoms with E-state index in [0.717, 1.165) is 19.5 Å². The van der Waals surface area contributed by atoms with Crippen LogP contribution in [0.4, 0.5) is 0 Å². The second kappa shape index (κ2) is 11.2. The zero-order valence-corrected chi connectivity index (χ0v) is 9.95. The SMILES string of the molecule is CCC=CCCC.O=CN1CCOCC1. The van der Waals surface area contributed by atoms with E-state index in [1.54, 1.807) is 4.90 Å². The largest absolute Gasteiger partial charge is 0.378 e. The fraction of sp³-hybridized carbons (Fsp3) is 0.750. The lowest BCUT2D eigenvalue weighted by Gasteiger charge is -2.21. The summed E-state index contributed by atoms with van der Waals surface area (Å²) in [4.78, 5) is 11.7. The molecule has 0 spiro atoms. The molecule has 1 aliphatic rings. The van der Waals surface area contributed by atoms with Gasteiger partial charge in [-0.15, -0.1) is 0 Å². The van der Waals surface area contributed by atoms with Gasteiger partial charge >= 0.3 is 0 Å². The van der Waals surface area contributed by atoms with Crippen LogP contribution in [-0.4, -0.2) is 37.6 Å². The lowest BCUT2D eigenvalue weighted by Crippen LogP contribution is -2.34. The van der Waals surface area contributed by atoms with Crippen molar-refractivity contribution < 1.29 is 9.53 Å². The van der Waals surface area contributed by atoms with Crippen LogP contribution >= 0.6 is 0 Å². The van der Waals surface area contributed by atoms with Gasteiger partial charge in [-0.2, -0.15) is 0 Å². The van der Waals surface area contributed by atoms with E-state index in [2.05, 4.69) is 26.0 Å². The molecular formula is C12H23NO2. The van der Waals surface area contributed by atoms with Crippen molar-refractivity contribution >= 4 is 6.41 Å². The third kappa shape index (κ3) is 9.47. The van der Waals surface area contributed by atoms with Gasteiger partial charge in [0.25, 0.3) is 0 Å². The molecule has 0 atom stereocenters. The Labute approximate surface area is 93.1 Å². The van der Waals surface area contributed by atoms with E-state index in [1.807, 2.05) is 0 Å². The second-order valence-corrected chi connectivity index (χ2v) is 3.42. The van der Waals surface area contributed by atoms with E-state index in [9.17, 15) is 4.79 Å². The van der Waals surface area contributed by atoms with Crippen molar-refractivity contribution in [1.82, 2.24) is 4.90 Å². The molecule has 0 aromatic rings. The average molecular weight is 213 g/mol. The highest BCUT2D eigenvalue weighted by Gasteiger charge is 2.05. The molecule has 1 heterocycles. The summed E-state index contributed by atoms with van der Waals surface area (Å²) in [6, 6.07) is 0. The van der Waals surface area contributed by atoms with Crippen LogP contribution in [0.25, 0.3) is 0 Å². The molecule has 0 aromatic carbocycles. The summed E-state index contributed by atoms with van der Waals surface area (Å²) >= 11 is 0. The zero-order chi connectivity index (χ0) is 11.4. The molecule has 0 unspecified atom stereocenters. The molecule has 88 valence electrons. The summed E-state index contributed by atoms with van der Waals surface area (Å²) < 4.78 is 5.00. The van der Waals surface area contributed by atoms with Crippen LogP contribution in [0, 0.1) is 0 Å². The predicted molar refractivity (Wildman–Crippen MR) is 62.8 cm³/mol. The number of hydrogen-bond donors (Lipinski definition) is 0. The fourth-order valence-electron chi connectivity index (χ4n) is 1.13. The van der Waals surface area contributed by atoms with E-state index >= 15 is 0 Å². The molecule has 1 fully saturated rings. The summed E-state index contributed by atoms with van der Waals surface area (Å²) in [6.07, 6.45) is 9.01. The molecule has 0 N–H and O–H groups in total. The van der Waals surface area contributed by atoms with Crippen LogP contribution in [0.1, 0.15) is 33.1 Å². The maximum Gasteiger partial charge on any atom is 0.209 e. The summed E-state index contributed by atoms with van der Waals surface area (Å²) in [5, 5.41) is 0. The van der Waals surface area contributed by atoms with Gasteiger partial charge in [0.1, 0.15) is 0 Å². The number of unbranched alkanes of at least 4 members (excludes halogenated alkanes) is 1.